The molecule has 0 saturated heterocycles. The van der Waals surface area contributed by atoms with Gasteiger partial charge in [0.25, 0.3) is 0 Å². The van der Waals surface area contributed by atoms with Gasteiger partial charge in [0.1, 0.15) is 0 Å². The summed E-state index contributed by atoms with van der Waals surface area (Å²) in [5.41, 5.74) is 5.82. The van der Waals surface area contributed by atoms with Crippen LogP contribution in [0.4, 0.5) is 0 Å². The maximum absolute atomic E-state index is 11.5. The second-order valence-corrected chi connectivity index (χ2v) is 6.02. The maximum atomic E-state index is 11.5. The summed E-state index contributed by atoms with van der Waals surface area (Å²) in [6.07, 6.45) is 0.641. The highest BCUT2D eigenvalue weighted by molar-refractivity contribution is 7.90. The Morgan fingerprint density at radius 1 is 1.53 bits per heavy atom. The molecule has 1 atom stereocenters. The summed E-state index contributed by atoms with van der Waals surface area (Å²) >= 11 is 5.88. The Morgan fingerprint density at radius 2 is 2.12 bits per heavy atom. The molecule has 1 aromatic rings. The third kappa shape index (κ3) is 3.42. The van der Waals surface area contributed by atoms with Crippen molar-refractivity contribution >= 4 is 27.4 Å². The molecule has 5 nitrogen and oxygen atoms in total. The van der Waals surface area contributed by atoms with Gasteiger partial charge < -0.3 is 10.8 Å². The smallest absolute Gasteiger partial charge is 0.305 e. The molecule has 1 unspecified atom stereocenters. The number of carbonyl (C=O) groups is 1. The van der Waals surface area contributed by atoms with Gasteiger partial charge in [-0.3, -0.25) is 4.79 Å². The van der Waals surface area contributed by atoms with Crippen molar-refractivity contribution in [2.45, 2.75) is 17.4 Å². The van der Waals surface area contributed by atoms with Crippen LogP contribution in [0.2, 0.25) is 5.02 Å². The number of benzene rings is 1. The normalized spacial score (nSPS) is 13.4. The van der Waals surface area contributed by atoms with E-state index in [0.29, 0.717) is 0 Å². The van der Waals surface area contributed by atoms with Crippen LogP contribution < -0.4 is 5.73 Å². The van der Waals surface area contributed by atoms with Gasteiger partial charge in [0.2, 0.25) is 0 Å². The molecule has 1 aromatic carbocycles. The molecule has 0 spiro atoms. The Balaban J connectivity index is 3.35. The Bertz CT molecular complexity index is 541. The fraction of sp³-hybridized carbons (Fsp3) is 0.300. The first-order chi connectivity index (χ1) is 7.73. The molecule has 7 heteroatoms. The summed E-state index contributed by atoms with van der Waals surface area (Å²) in [5.74, 6) is -1.11. The predicted octanol–water partition coefficient (Wildman–Crippen LogP) is 1.22. The van der Waals surface area contributed by atoms with E-state index in [0.717, 1.165) is 6.26 Å². The van der Waals surface area contributed by atoms with Crippen molar-refractivity contribution < 1.29 is 18.3 Å². The van der Waals surface area contributed by atoms with E-state index < -0.39 is 21.8 Å². The SMILES string of the molecule is CS(=O)(=O)c1cccc(Cl)c1C(N)CC(=O)O. The highest BCUT2D eigenvalue weighted by Gasteiger charge is 2.22. The number of sulfone groups is 1. The maximum Gasteiger partial charge on any atom is 0.305 e. The number of carboxylic acid groups (broad SMARTS) is 1. The molecule has 94 valence electrons. The summed E-state index contributed by atoms with van der Waals surface area (Å²) in [4.78, 5) is 10.6. The first-order valence-corrected chi connectivity index (χ1v) is 6.96. The van der Waals surface area contributed by atoms with Gasteiger partial charge in [-0.2, -0.15) is 0 Å². The van der Waals surface area contributed by atoms with E-state index in [1.54, 1.807) is 0 Å². The molecule has 0 aliphatic carbocycles. The number of hydrogen-bond donors (Lipinski definition) is 2. The monoisotopic (exact) mass is 277 g/mol. The molecule has 3 N–H and O–H groups in total. The van der Waals surface area contributed by atoms with Gasteiger partial charge in [0, 0.05) is 22.9 Å². The van der Waals surface area contributed by atoms with E-state index >= 15 is 0 Å². The Hall–Kier alpha value is -1.11. The summed E-state index contributed by atoms with van der Waals surface area (Å²) in [5, 5.41) is 8.81. The van der Waals surface area contributed by atoms with Crippen molar-refractivity contribution in [1.82, 2.24) is 0 Å². The molecule has 0 aliphatic heterocycles. The van der Waals surface area contributed by atoms with Crippen LogP contribution in [0.15, 0.2) is 23.1 Å². The van der Waals surface area contributed by atoms with Crippen molar-refractivity contribution in [3.05, 3.63) is 28.8 Å². The molecule has 0 aliphatic rings. The molecule has 0 bridgehead atoms. The van der Waals surface area contributed by atoms with Gasteiger partial charge in [-0.15, -0.1) is 0 Å². The molecule has 0 aromatic heterocycles. The van der Waals surface area contributed by atoms with Crippen LogP contribution >= 0.6 is 11.6 Å². The third-order valence-corrected chi connectivity index (χ3v) is 3.66. The van der Waals surface area contributed by atoms with Gasteiger partial charge in [-0.25, -0.2) is 8.42 Å². The van der Waals surface area contributed by atoms with Gasteiger partial charge in [-0.05, 0) is 12.1 Å². The van der Waals surface area contributed by atoms with E-state index in [9.17, 15) is 13.2 Å². The minimum Gasteiger partial charge on any atom is -0.481 e. The fourth-order valence-corrected chi connectivity index (χ4v) is 2.85. The Labute approximate surface area is 104 Å². The van der Waals surface area contributed by atoms with Gasteiger partial charge >= 0.3 is 5.97 Å². The van der Waals surface area contributed by atoms with E-state index in [1.165, 1.54) is 18.2 Å². The summed E-state index contributed by atoms with van der Waals surface area (Å²) in [6.45, 7) is 0. The number of rotatable bonds is 4. The number of halogens is 1. The lowest BCUT2D eigenvalue weighted by Gasteiger charge is -2.15. The lowest BCUT2D eigenvalue weighted by Crippen LogP contribution is -2.18. The second-order valence-electron chi connectivity index (χ2n) is 3.63. The van der Waals surface area contributed by atoms with Gasteiger partial charge in [0.15, 0.2) is 9.84 Å². The molecule has 0 radical (unpaired) electrons. The molecule has 0 saturated carbocycles. The molecular weight excluding hydrogens is 266 g/mol. The molecule has 0 heterocycles. The van der Waals surface area contributed by atoms with Crippen LogP contribution in [0.5, 0.6) is 0 Å². The molecule has 17 heavy (non-hydrogen) atoms. The average Bonchev–Trinajstić information content (AvgIpc) is 2.14. The zero-order chi connectivity index (χ0) is 13.2. The van der Waals surface area contributed by atoms with E-state index in [-0.39, 0.29) is 21.9 Å². The van der Waals surface area contributed by atoms with Crippen LogP contribution in [0.25, 0.3) is 0 Å². The molecule has 0 amide bonds. The Kier molecular flexibility index (Phi) is 4.13. The molecule has 1 rings (SSSR count). The number of hydrogen-bond acceptors (Lipinski definition) is 4. The minimum atomic E-state index is -3.49. The minimum absolute atomic E-state index is 0.0289. The first-order valence-electron chi connectivity index (χ1n) is 4.69. The van der Waals surface area contributed by atoms with Gasteiger partial charge in [-0.1, -0.05) is 17.7 Å². The van der Waals surface area contributed by atoms with E-state index in [2.05, 4.69) is 0 Å². The Morgan fingerprint density at radius 3 is 2.59 bits per heavy atom. The van der Waals surface area contributed by atoms with Crippen molar-refractivity contribution in [3.63, 3.8) is 0 Å². The topological polar surface area (TPSA) is 97.5 Å². The van der Waals surface area contributed by atoms with Crippen LogP contribution in [0, 0.1) is 0 Å². The van der Waals surface area contributed by atoms with Crippen molar-refractivity contribution in [3.8, 4) is 0 Å². The third-order valence-electron chi connectivity index (χ3n) is 2.18. The zero-order valence-electron chi connectivity index (χ0n) is 9.05. The van der Waals surface area contributed by atoms with E-state index in [4.69, 9.17) is 22.4 Å². The van der Waals surface area contributed by atoms with Crippen molar-refractivity contribution in [1.29, 1.82) is 0 Å². The van der Waals surface area contributed by atoms with E-state index in [1.807, 2.05) is 0 Å². The predicted molar refractivity (Wildman–Crippen MR) is 63.7 cm³/mol. The summed E-state index contributed by atoms with van der Waals surface area (Å²) < 4.78 is 23.1. The van der Waals surface area contributed by atoms with Crippen LogP contribution in [0.1, 0.15) is 18.0 Å². The summed E-state index contributed by atoms with van der Waals surface area (Å²) in [7, 11) is -3.49. The number of carboxylic acids is 1. The lowest BCUT2D eigenvalue weighted by molar-refractivity contribution is -0.137. The lowest BCUT2D eigenvalue weighted by atomic mass is 10.0. The second kappa shape index (κ2) is 5.03. The van der Waals surface area contributed by atoms with Crippen molar-refractivity contribution in [2.75, 3.05) is 6.26 Å². The average molecular weight is 278 g/mol. The van der Waals surface area contributed by atoms with Crippen LogP contribution in [-0.4, -0.2) is 25.7 Å². The van der Waals surface area contributed by atoms with Crippen molar-refractivity contribution in [2.24, 2.45) is 5.73 Å². The van der Waals surface area contributed by atoms with Crippen LogP contribution in [-0.2, 0) is 14.6 Å². The molecule has 0 fully saturated rings. The standard InChI is InChI=1S/C10H12ClNO4S/c1-17(15,16)8-4-2-3-6(11)10(8)7(12)5-9(13)14/h2-4,7H,5,12H2,1H3,(H,13,14). The molecular formula is C10H12ClNO4S. The number of nitrogens with two attached hydrogens (primary N) is 1. The van der Waals surface area contributed by atoms with Crippen LogP contribution in [0.3, 0.4) is 0 Å². The summed E-state index contributed by atoms with van der Waals surface area (Å²) in [6, 6.07) is 3.37. The zero-order valence-corrected chi connectivity index (χ0v) is 10.6. The fourth-order valence-electron chi connectivity index (χ4n) is 1.49. The van der Waals surface area contributed by atoms with Gasteiger partial charge in [0.05, 0.1) is 11.3 Å². The first kappa shape index (κ1) is 14.0. The number of aliphatic carboxylic acids is 1. The highest BCUT2D eigenvalue weighted by atomic mass is 35.5. The highest BCUT2D eigenvalue weighted by Crippen LogP contribution is 2.30. The largest absolute Gasteiger partial charge is 0.481 e. The quantitative estimate of drug-likeness (QED) is 0.862.